The maximum Gasteiger partial charge on any atom is 0.290 e. The van der Waals surface area contributed by atoms with Crippen molar-refractivity contribution < 1.29 is 0 Å². The van der Waals surface area contributed by atoms with Crippen molar-refractivity contribution in [2.24, 2.45) is 5.73 Å². The lowest BCUT2D eigenvalue weighted by Gasteiger charge is -2.17. The Kier molecular flexibility index (Phi) is 3.74. The van der Waals surface area contributed by atoms with Crippen molar-refractivity contribution >= 4 is 5.82 Å². The van der Waals surface area contributed by atoms with Gasteiger partial charge in [0.05, 0.1) is 0 Å². The van der Waals surface area contributed by atoms with Crippen LogP contribution in [0, 0.1) is 0 Å². The molecule has 18 heavy (non-hydrogen) atoms. The molecule has 2 aromatic rings. The number of hydrogen-bond donors (Lipinski definition) is 2. The molecule has 0 unspecified atom stereocenters. The summed E-state index contributed by atoms with van der Waals surface area (Å²) in [5, 5.41) is 0. The number of benzene rings is 1. The summed E-state index contributed by atoms with van der Waals surface area (Å²) in [6, 6.07) is 8.00. The quantitative estimate of drug-likeness (QED) is 0.836. The van der Waals surface area contributed by atoms with Crippen molar-refractivity contribution in [1.82, 2.24) is 9.97 Å². The van der Waals surface area contributed by atoms with Gasteiger partial charge in [-0.25, -0.2) is 4.98 Å². The van der Waals surface area contributed by atoms with E-state index in [4.69, 9.17) is 5.73 Å². The van der Waals surface area contributed by atoms with Crippen LogP contribution in [0.5, 0.6) is 0 Å². The third kappa shape index (κ3) is 2.75. The predicted molar refractivity (Wildman–Crippen MR) is 71.3 cm³/mol. The minimum atomic E-state index is -0.182. The van der Waals surface area contributed by atoms with E-state index in [1.807, 2.05) is 36.2 Å². The van der Waals surface area contributed by atoms with Gasteiger partial charge in [0.1, 0.15) is 0 Å². The Morgan fingerprint density at radius 2 is 1.94 bits per heavy atom. The number of nitrogens with zero attached hydrogens (tertiary/aromatic N) is 2. The molecule has 0 saturated carbocycles. The smallest absolute Gasteiger partial charge is 0.290 e. The normalized spacial score (nSPS) is 10.3. The van der Waals surface area contributed by atoms with E-state index in [1.54, 1.807) is 6.20 Å². The molecule has 1 aromatic carbocycles. The number of aromatic amines is 1. The van der Waals surface area contributed by atoms with Gasteiger partial charge in [-0.1, -0.05) is 24.3 Å². The monoisotopic (exact) mass is 244 g/mol. The first kappa shape index (κ1) is 12.3. The van der Waals surface area contributed by atoms with Crippen LogP contribution in [-0.4, -0.2) is 17.0 Å². The SMILES string of the molecule is CN(Cc1ccc(CN)cc1)c1ncc[nH]c1=O. The van der Waals surface area contributed by atoms with Gasteiger partial charge in [0, 0.05) is 32.5 Å². The molecule has 0 spiro atoms. The molecule has 0 atom stereocenters. The molecular formula is C13H16N4O. The van der Waals surface area contributed by atoms with Crippen molar-refractivity contribution in [2.75, 3.05) is 11.9 Å². The second-order valence-corrected chi connectivity index (χ2v) is 4.12. The van der Waals surface area contributed by atoms with Crippen molar-refractivity contribution in [3.63, 3.8) is 0 Å². The lowest BCUT2D eigenvalue weighted by Crippen LogP contribution is -2.25. The summed E-state index contributed by atoms with van der Waals surface area (Å²) >= 11 is 0. The first-order valence-electron chi connectivity index (χ1n) is 5.73. The number of H-pyrrole nitrogens is 1. The van der Waals surface area contributed by atoms with Gasteiger partial charge >= 0.3 is 0 Å². The first-order chi connectivity index (χ1) is 8.70. The van der Waals surface area contributed by atoms with Crippen LogP contribution in [0.15, 0.2) is 41.5 Å². The number of aromatic nitrogens is 2. The Hall–Kier alpha value is -2.14. The van der Waals surface area contributed by atoms with Gasteiger partial charge in [-0.2, -0.15) is 0 Å². The fourth-order valence-electron chi connectivity index (χ4n) is 1.75. The topological polar surface area (TPSA) is 75.0 Å². The Morgan fingerprint density at radius 3 is 2.56 bits per heavy atom. The molecule has 0 aliphatic carbocycles. The van der Waals surface area contributed by atoms with E-state index < -0.39 is 0 Å². The molecule has 3 N–H and O–H groups in total. The first-order valence-corrected chi connectivity index (χ1v) is 5.73. The molecule has 0 radical (unpaired) electrons. The molecule has 2 rings (SSSR count). The van der Waals surface area contributed by atoms with Crippen LogP contribution in [0.2, 0.25) is 0 Å². The van der Waals surface area contributed by atoms with E-state index in [9.17, 15) is 4.79 Å². The van der Waals surface area contributed by atoms with Gasteiger partial charge in [-0.3, -0.25) is 4.79 Å². The number of nitrogens with one attached hydrogen (secondary N) is 1. The van der Waals surface area contributed by atoms with Gasteiger partial charge in [-0.05, 0) is 11.1 Å². The average molecular weight is 244 g/mol. The van der Waals surface area contributed by atoms with Gasteiger partial charge in [0.2, 0.25) is 0 Å². The number of rotatable bonds is 4. The van der Waals surface area contributed by atoms with Gasteiger partial charge in [-0.15, -0.1) is 0 Å². The Morgan fingerprint density at radius 1 is 1.28 bits per heavy atom. The summed E-state index contributed by atoms with van der Waals surface area (Å²) < 4.78 is 0. The van der Waals surface area contributed by atoms with Crippen LogP contribution in [0.25, 0.3) is 0 Å². The van der Waals surface area contributed by atoms with E-state index in [2.05, 4.69) is 9.97 Å². The number of anilines is 1. The van der Waals surface area contributed by atoms with E-state index in [0.717, 1.165) is 11.1 Å². The van der Waals surface area contributed by atoms with Crippen LogP contribution >= 0.6 is 0 Å². The summed E-state index contributed by atoms with van der Waals surface area (Å²) in [6.45, 7) is 1.17. The highest BCUT2D eigenvalue weighted by Gasteiger charge is 2.07. The summed E-state index contributed by atoms with van der Waals surface area (Å²) in [5.74, 6) is 0.417. The van der Waals surface area contributed by atoms with E-state index >= 15 is 0 Å². The largest absolute Gasteiger partial charge is 0.351 e. The molecular weight excluding hydrogens is 228 g/mol. The minimum Gasteiger partial charge on any atom is -0.351 e. The van der Waals surface area contributed by atoms with E-state index in [0.29, 0.717) is 18.9 Å². The second-order valence-electron chi connectivity index (χ2n) is 4.12. The van der Waals surface area contributed by atoms with Crippen molar-refractivity contribution in [2.45, 2.75) is 13.1 Å². The molecule has 94 valence electrons. The second kappa shape index (κ2) is 5.46. The van der Waals surface area contributed by atoms with E-state index in [1.165, 1.54) is 6.20 Å². The summed E-state index contributed by atoms with van der Waals surface area (Å²) in [4.78, 5) is 20.1. The van der Waals surface area contributed by atoms with E-state index in [-0.39, 0.29) is 5.56 Å². The van der Waals surface area contributed by atoms with Gasteiger partial charge in [0.25, 0.3) is 5.56 Å². The van der Waals surface area contributed by atoms with Crippen LogP contribution in [-0.2, 0) is 13.1 Å². The van der Waals surface area contributed by atoms with Crippen molar-refractivity contribution in [3.8, 4) is 0 Å². The lowest BCUT2D eigenvalue weighted by atomic mass is 10.1. The van der Waals surface area contributed by atoms with Crippen molar-refractivity contribution in [1.29, 1.82) is 0 Å². The fraction of sp³-hybridized carbons (Fsp3) is 0.231. The average Bonchev–Trinajstić information content (AvgIpc) is 2.40. The summed E-state index contributed by atoms with van der Waals surface area (Å²) in [6.07, 6.45) is 3.10. The van der Waals surface area contributed by atoms with Crippen molar-refractivity contribution in [3.05, 3.63) is 58.1 Å². The highest BCUT2D eigenvalue weighted by Crippen LogP contribution is 2.09. The summed E-state index contributed by atoms with van der Waals surface area (Å²) in [5.41, 5.74) is 7.57. The molecule has 1 heterocycles. The standard InChI is InChI=1S/C13H16N4O/c1-17(12-13(18)16-7-6-15-12)9-11-4-2-10(8-14)3-5-11/h2-7H,8-9,14H2,1H3,(H,16,18). The summed E-state index contributed by atoms with van der Waals surface area (Å²) in [7, 11) is 1.84. The number of hydrogen-bond acceptors (Lipinski definition) is 4. The Balaban J connectivity index is 2.13. The molecule has 0 fully saturated rings. The van der Waals surface area contributed by atoms with Gasteiger partial charge < -0.3 is 15.6 Å². The molecule has 0 saturated heterocycles. The maximum absolute atomic E-state index is 11.6. The third-order valence-corrected chi connectivity index (χ3v) is 2.73. The van der Waals surface area contributed by atoms with Crippen LogP contribution in [0.4, 0.5) is 5.82 Å². The molecule has 1 aromatic heterocycles. The molecule has 0 amide bonds. The lowest BCUT2D eigenvalue weighted by molar-refractivity contribution is 0.877. The molecule has 5 nitrogen and oxygen atoms in total. The van der Waals surface area contributed by atoms with Crippen LogP contribution in [0.3, 0.4) is 0 Å². The minimum absolute atomic E-state index is 0.182. The predicted octanol–water partition coefficient (Wildman–Crippen LogP) is 0.865. The maximum atomic E-state index is 11.6. The highest BCUT2D eigenvalue weighted by atomic mass is 16.1. The zero-order chi connectivity index (χ0) is 13.0. The zero-order valence-electron chi connectivity index (χ0n) is 10.3. The Bertz CT molecular complexity index is 562. The molecule has 0 aliphatic rings. The van der Waals surface area contributed by atoms with Gasteiger partial charge in [0.15, 0.2) is 5.82 Å². The number of nitrogens with two attached hydrogens (primary N) is 1. The van der Waals surface area contributed by atoms with Crippen LogP contribution < -0.4 is 16.2 Å². The Labute approximate surface area is 105 Å². The molecule has 0 bridgehead atoms. The van der Waals surface area contributed by atoms with Crippen LogP contribution in [0.1, 0.15) is 11.1 Å². The zero-order valence-corrected chi connectivity index (χ0v) is 10.3. The molecule has 5 heteroatoms. The molecule has 0 aliphatic heterocycles. The highest BCUT2D eigenvalue weighted by molar-refractivity contribution is 5.36. The third-order valence-electron chi connectivity index (χ3n) is 2.73. The fourth-order valence-corrected chi connectivity index (χ4v) is 1.75.